The van der Waals surface area contributed by atoms with Crippen molar-refractivity contribution in [3.05, 3.63) is 75.5 Å². The van der Waals surface area contributed by atoms with Gasteiger partial charge >= 0.3 is 0 Å². The minimum Gasteiger partial charge on any atom is -0.348 e. The van der Waals surface area contributed by atoms with Gasteiger partial charge < -0.3 is 10.3 Å². The molecule has 0 atom stereocenters. The number of nitrogens with one attached hydrogen (secondary N) is 2. The molecule has 0 unspecified atom stereocenters. The summed E-state index contributed by atoms with van der Waals surface area (Å²) in [4.78, 5) is 37.4. The molecule has 0 radical (unpaired) electrons. The first-order valence-corrected chi connectivity index (χ1v) is 11.4. The molecule has 33 heavy (non-hydrogen) atoms. The molecule has 3 aliphatic rings. The molecule has 1 aliphatic heterocycles. The molecule has 168 valence electrons. The number of hydrogen-bond donors (Lipinski definition) is 2. The minimum absolute atomic E-state index is 0.0301. The number of aromatic nitrogens is 3. The fourth-order valence-corrected chi connectivity index (χ4v) is 4.03. The van der Waals surface area contributed by atoms with Gasteiger partial charge in [-0.15, -0.1) is 0 Å². The molecule has 0 aromatic carbocycles. The van der Waals surface area contributed by atoms with Crippen molar-refractivity contribution in [3.63, 3.8) is 0 Å². The van der Waals surface area contributed by atoms with Crippen molar-refractivity contribution < 1.29 is 10.3 Å². The van der Waals surface area contributed by atoms with Crippen molar-refractivity contribution in [3.8, 4) is 0 Å². The predicted molar refractivity (Wildman–Crippen MR) is 127 cm³/mol. The minimum atomic E-state index is -2.10. The van der Waals surface area contributed by atoms with E-state index in [0.717, 1.165) is 36.1 Å². The number of carbonyl (C=O) groups is 1. The van der Waals surface area contributed by atoms with Gasteiger partial charge in [0.2, 0.25) is 0 Å². The van der Waals surface area contributed by atoms with Crippen molar-refractivity contribution in [1.29, 1.82) is 0 Å². The smallest absolute Gasteiger partial charge is 0.270 e. The second-order valence-corrected chi connectivity index (χ2v) is 9.00. The zero-order valence-corrected chi connectivity index (χ0v) is 18.1. The Morgan fingerprint density at radius 3 is 2.79 bits per heavy atom. The fourth-order valence-electron chi connectivity index (χ4n) is 4.03. The summed E-state index contributed by atoms with van der Waals surface area (Å²) in [6.07, 6.45) is 8.44. The Bertz CT molecular complexity index is 1480. The molecule has 0 saturated heterocycles. The second-order valence-electron chi connectivity index (χ2n) is 9.00. The van der Waals surface area contributed by atoms with Crippen LogP contribution in [0.3, 0.4) is 0 Å². The van der Waals surface area contributed by atoms with Crippen molar-refractivity contribution >= 4 is 22.5 Å². The Kier molecular flexibility index (Phi) is 4.07. The average Bonchev–Trinajstić information content (AvgIpc) is 3.76. The summed E-state index contributed by atoms with van der Waals surface area (Å²) in [7, 11) is 0. The van der Waals surface area contributed by atoms with E-state index in [9.17, 15) is 9.59 Å². The fraction of sp³-hybridized carbons (Fsp3) is 0.385. The molecular weight excluding hydrogens is 414 g/mol. The number of amides is 1. The van der Waals surface area contributed by atoms with Crippen LogP contribution in [0.4, 0.5) is 0 Å². The van der Waals surface area contributed by atoms with Gasteiger partial charge in [0.25, 0.3) is 11.5 Å². The van der Waals surface area contributed by atoms with E-state index in [2.05, 4.69) is 20.3 Å². The highest BCUT2D eigenvalue weighted by molar-refractivity contribution is 5.92. The lowest BCUT2D eigenvalue weighted by atomic mass is 10.0. The van der Waals surface area contributed by atoms with E-state index >= 15 is 0 Å². The van der Waals surface area contributed by atoms with Crippen molar-refractivity contribution in [2.24, 2.45) is 0 Å². The van der Waals surface area contributed by atoms with Crippen LogP contribution < -0.4 is 10.9 Å². The molecule has 4 heterocycles. The summed E-state index contributed by atoms with van der Waals surface area (Å²) < 4.78 is 34.7. The summed E-state index contributed by atoms with van der Waals surface area (Å²) in [5.74, 6) is 0.0624. The molecule has 2 N–H and O–H groups in total. The largest absolute Gasteiger partial charge is 0.348 e. The first-order chi connectivity index (χ1) is 17.6. The van der Waals surface area contributed by atoms with E-state index < -0.39 is 13.0 Å². The molecule has 2 aliphatic carbocycles. The van der Waals surface area contributed by atoms with Gasteiger partial charge in [-0.1, -0.05) is 12.1 Å². The molecular formula is C26H27N5O2. The van der Waals surface area contributed by atoms with Crippen LogP contribution in [0, 0.1) is 0 Å². The number of aromatic amines is 1. The van der Waals surface area contributed by atoms with Crippen LogP contribution in [0.2, 0.25) is 0 Å². The normalized spacial score (nSPS) is 23.7. The van der Waals surface area contributed by atoms with Gasteiger partial charge in [-0.2, -0.15) is 0 Å². The Morgan fingerprint density at radius 1 is 1.18 bits per heavy atom. The van der Waals surface area contributed by atoms with Crippen LogP contribution in [0.5, 0.6) is 0 Å². The van der Waals surface area contributed by atoms with E-state index in [1.807, 2.05) is 6.07 Å². The highest BCUT2D eigenvalue weighted by Gasteiger charge is 2.27. The molecule has 1 amide bonds. The Morgan fingerprint density at radius 2 is 2.06 bits per heavy atom. The van der Waals surface area contributed by atoms with E-state index in [1.165, 1.54) is 12.3 Å². The first-order valence-electron chi connectivity index (χ1n) is 13.4. The van der Waals surface area contributed by atoms with E-state index in [0.29, 0.717) is 33.7 Å². The molecule has 3 aromatic rings. The molecule has 7 nitrogen and oxygen atoms in total. The third-order valence-corrected chi connectivity index (χ3v) is 6.27. The lowest BCUT2D eigenvalue weighted by Gasteiger charge is -2.26. The highest BCUT2D eigenvalue weighted by atomic mass is 16.2. The number of nitrogens with zero attached hydrogens (tertiary/aromatic N) is 3. The maximum Gasteiger partial charge on any atom is 0.270 e. The number of rotatable bonds is 6. The molecule has 6 rings (SSSR count). The summed E-state index contributed by atoms with van der Waals surface area (Å²) >= 11 is 0. The lowest BCUT2D eigenvalue weighted by Crippen LogP contribution is -2.28. The topological polar surface area (TPSA) is 91.0 Å². The van der Waals surface area contributed by atoms with Gasteiger partial charge in [0.1, 0.15) is 5.69 Å². The highest BCUT2D eigenvalue weighted by Crippen LogP contribution is 2.38. The van der Waals surface area contributed by atoms with E-state index in [1.54, 1.807) is 24.4 Å². The van der Waals surface area contributed by atoms with Crippen LogP contribution in [0.15, 0.2) is 47.5 Å². The van der Waals surface area contributed by atoms with Crippen LogP contribution in [0.25, 0.3) is 16.6 Å². The molecule has 2 fully saturated rings. The first kappa shape index (κ1) is 16.3. The molecule has 2 saturated carbocycles. The van der Waals surface area contributed by atoms with Gasteiger partial charge in [-0.25, -0.2) is 0 Å². The Hall–Kier alpha value is -3.32. The maximum absolute atomic E-state index is 12.5. The lowest BCUT2D eigenvalue weighted by molar-refractivity contribution is 0.0946. The molecule has 7 heteroatoms. The molecule has 0 spiro atoms. The number of pyridine rings is 3. The van der Waals surface area contributed by atoms with Crippen LogP contribution >= 0.6 is 0 Å². The zero-order chi connectivity index (χ0) is 25.9. The van der Waals surface area contributed by atoms with Gasteiger partial charge in [-0.05, 0) is 72.9 Å². The summed E-state index contributed by atoms with van der Waals surface area (Å²) in [5, 5.41) is 2.88. The quantitative estimate of drug-likeness (QED) is 0.607. The van der Waals surface area contributed by atoms with Gasteiger partial charge in [-0.3, -0.25) is 24.5 Å². The number of fused-ring (bicyclic) bond motifs is 1. The Balaban J connectivity index is 1.24. The van der Waals surface area contributed by atoms with Crippen molar-refractivity contribution in [1.82, 2.24) is 25.2 Å². The monoisotopic (exact) mass is 445 g/mol. The number of carbonyl (C=O) groups excluding carboxylic acids is 1. The third-order valence-electron chi connectivity index (χ3n) is 6.27. The second kappa shape index (κ2) is 8.23. The molecule has 0 bridgehead atoms. The SMILES string of the molecule is [2H]C1([2H])C=C(c2ccc(C(=O)NC3CC3)nc2)CC([2H])([2H])N1Cc1cnc2cc(C3CC3)c(=O)[nH]c2c1. The van der Waals surface area contributed by atoms with E-state index in [-0.39, 0.29) is 36.2 Å². The average molecular weight is 446 g/mol. The van der Waals surface area contributed by atoms with Gasteiger partial charge in [0.05, 0.1) is 11.0 Å². The van der Waals surface area contributed by atoms with E-state index in [4.69, 9.17) is 5.48 Å². The van der Waals surface area contributed by atoms with Crippen LogP contribution in [0.1, 0.15) is 70.7 Å². The third kappa shape index (κ3) is 4.46. The summed E-state index contributed by atoms with van der Waals surface area (Å²) in [6, 6.07) is 7.04. The predicted octanol–water partition coefficient (Wildman–Crippen LogP) is 3.38. The Labute approximate surface area is 197 Å². The summed E-state index contributed by atoms with van der Waals surface area (Å²) in [5.41, 5.74) is 3.78. The van der Waals surface area contributed by atoms with Gasteiger partial charge in [0, 0.05) is 49.0 Å². The number of H-pyrrole nitrogens is 1. The summed E-state index contributed by atoms with van der Waals surface area (Å²) in [6.45, 7) is -4.14. The number of hydrogen-bond acceptors (Lipinski definition) is 5. The zero-order valence-electron chi connectivity index (χ0n) is 22.1. The van der Waals surface area contributed by atoms with Crippen molar-refractivity contribution in [2.45, 2.75) is 50.6 Å². The molecule has 3 aromatic heterocycles. The maximum atomic E-state index is 12.5. The van der Waals surface area contributed by atoms with Crippen LogP contribution in [-0.2, 0) is 6.54 Å². The van der Waals surface area contributed by atoms with Crippen LogP contribution in [-0.4, -0.2) is 44.8 Å². The van der Waals surface area contributed by atoms with Crippen molar-refractivity contribution in [2.75, 3.05) is 13.0 Å². The standard InChI is InChI=1S/C26H27N5O2/c32-25-21(18-1-2-18)12-23-24(30-25)11-16(13-27-23)15-31-9-7-17(8-10-31)19-3-6-22(28-14-19)26(33)29-20-4-5-20/h3,6-7,11-14,18,20H,1-2,4-5,8-10,15H2,(H,29,33)(H,30,32)/i9D2,10D2. The van der Waals surface area contributed by atoms with Gasteiger partial charge in [0.15, 0.2) is 0 Å².